The second kappa shape index (κ2) is 10.4. The van der Waals surface area contributed by atoms with Gasteiger partial charge in [-0.1, -0.05) is 52.5 Å². The Bertz CT molecular complexity index is 950. The maximum Gasteiger partial charge on any atom is 0.331 e. The summed E-state index contributed by atoms with van der Waals surface area (Å²) in [4.78, 5) is 17.2. The highest BCUT2D eigenvalue weighted by Gasteiger charge is 2.43. The Morgan fingerprint density at radius 3 is 2.45 bits per heavy atom. The molecular formula is C24H39FN4O3Si. The predicted molar refractivity (Wildman–Crippen MR) is 131 cm³/mol. The number of rotatable bonds is 10. The average Bonchev–Trinajstić information content (AvgIpc) is 3.10. The first-order valence-electron chi connectivity index (χ1n) is 11.4. The fourth-order valence-corrected chi connectivity index (χ4v) is 4.32. The number of carbonyl (C=O) groups is 1. The Morgan fingerprint density at radius 2 is 1.91 bits per heavy atom. The highest BCUT2D eigenvalue weighted by Crippen LogP contribution is 2.36. The maximum absolute atomic E-state index is 15.4. The van der Waals surface area contributed by atoms with Crippen LogP contribution in [0.2, 0.25) is 25.7 Å². The van der Waals surface area contributed by atoms with Crippen LogP contribution < -0.4 is 5.73 Å². The van der Waals surface area contributed by atoms with Gasteiger partial charge in [0.15, 0.2) is 5.82 Å². The minimum Gasteiger partial charge on any atom is -0.461 e. The molecule has 7 nitrogen and oxygen atoms in total. The third-order valence-corrected chi connectivity index (χ3v) is 6.75. The van der Waals surface area contributed by atoms with Crippen molar-refractivity contribution in [3.8, 4) is 11.4 Å². The van der Waals surface area contributed by atoms with Crippen molar-refractivity contribution < 1.29 is 18.7 Å². The van der Waals surface area contributed by atoms with Crippen LogP contribution >= 0.6 is 0 Å². The van der Waals surface area contributed by atoms with Gasteiger partial charge in [-0.15, -0.1) is 0 Å². The number of carbonyl (C=O) groups excluding carboxylic acids is 1. The van der Waals surface area contributed by atoms with E-state index in [-0.39, 0.29) is 30.2 Å². The van der Waals surface area contributed by atoms with Crippen LogP contribution in [-0.4, -0.2) is 41.5 Å². The predicted octanol–water partition coefficient (Wildman–Crippen LogP) is 4.94. The molecular weight excluding hydrogens is 439 g/mol. The molecule has 0 aliphatic rings. The van der Waals surface area contributed by atoms with Crippen molar-refractivity contribution in [2.45, 2.75) is 85.1 Å². The van der Waals surface area contributed by atoms with Gasteiger partial charge in [0.1, 0.15) is 24.4 Å². The van der Waals surface area contributed by atoms with E-state index in [4.69, 9.17) is 15.2 Å². The summed E-state index contributed by atoms with van der Waals surface area (Å²) in [7, 11) is -1.20. The lowest BCUT2D eigenvalue weighted by atomic mass is 9.76. The van der Waals surface area contributed by atoms with Crippen molar-refractivity contribution in [1.29, 1.82) is 0 Å². The summed E-state index contributed by atoms with van der Waals surface area (Å²) < 4.78 is 28.2. The fourth-order valence-electron chi connectivity index (χ4n) is 3.56. The molecule has 184 valence electrons. The lowest BCUT2D eigenvalue weighted by Crippen LogP contribution is -2.49. The molecule has 0 saturated heterocycles. The van der Waals surface area contributed by atoms with E-state index in [9.17, 15) is 4.79 Å². The van der Waals surface area contributed by atoms with Gasteiger partial charge >= 0.3 is 5.97 Å². The van der Waals surface area contributed by atoms with Gasteiger partial charge in [-0.2, -0.15) is 5.10 Å². The van der Waals surface area contributed by atoms with Crippen molar-refractivity contribution >= 4 is 14.0 Å². The van der Waals surface area contributed by atoms with Crippen molar-refractivity contribution in [2.75, 3.05) is 6.61 Å². The van der Waals surface area contributed by atoms with Crippen LogP contribution in [0.4, 0.5) is 4.39 Å². The van der Waals surface area contributed by atoms with E-state index >= 15 is 4.39 Å². The topological polar surface area (TPSA) is 92.3 Å². The first-order chi connectivity index (χ1) is 15.1. The zero-order valence-electron chi connectivity index (χ0n) is 21.2. The zero-order chi connectivity index (χ0) is 25.0. The number of halogens is 1. The van der Waals surface area contributed by atoms with E-state index in [0.717, 1.165) is 6.04 Å². The number of benzene rings is 1. The summed E-state index contributed by atoms with van der Waals surface area (Å²) >= 11 is 0. The third-order valence-electron chi connectivity index (χ3n) is 5.05. The van der Waals surface area contributed by atoms with E-state index in [1.54, 1.807) is 30.7 Å². The molecule has 2 N–H and O–H groups in total. The minimum absolute atomic E-state index is 0.101. The van der Waals surface area contributed by atoms with Gasteiger partial charge in [0.2, 0.25) is 0 Å². The normalized spacial score (nSPS) is 14.4. The standard InChI is InChI=1S/C24H39FN4O3Si/c1-17(2)32-22(30)24(26,14-23(3,4)5)19-10-9-18(13-20(19)25)21-27-15-28-29(21)16-31-11-12-33(6,7)8/h9-10,13,15,17H,11-12,14,16,26H2,1-8H3/t24-/m1/s1. The summed E-state index contributed by atoms with van der Waals surface area (Å²) in [5, 5.41) is 4.21. The molecule has 2 rings (SSSR count). The van der Waals surface area contributed by atoms with Crippen molar-refractivity contribution in [3.63, 3.8) is 0 Å². The summed E-state index contributed by atoms with van der Waals surface area (Å²) in [6.07, 6.45) is 1.28. The quantitative estimate of drug-likeness (QED) is 0.295. The van der Waals surface area contributed by atoms with Crippen LogP contribution in [0, 0.1) is 11.2 Å². The summed E-state index contributed by atoms with van der Waals surface area (Å²) in [5.74, 6) is -0.746. The first-order valence-corrected chi connectivity index (χ1v) is 15.1. The number of nitrogens with zero attached hydrogens (tertiary/aromatic N) is 3. The highest BCUT2D eigenvalue weighted by molar-refractivity contribution is 6.76. The van der Waals surface area contributed by atoms with Gasteiger partial charge in [0, 0.05) is 25.8 Å². The molecule has 1 aromatic heterocycles. The smallest absolute Gasteiger partial charge is 0.331 e. The van der Waals surface area contributed by atoms with Crippen LogP contribution in [0.25, 0.3) is 11.4 Å². The third kappa shape index (κ3) is 7.72. The van der Waals surface area contributed by atoms with E-state index in [1.807, 2.05) is 20.8 Å². The van der Waals surface area contributed by atoms with Gasteiger partial charge in [0.25, 0.3) is 0 Å². The molecule has 33 heavy (non-hydrogen) atoms. The van der Waals surface area contributed by atoms with Crippen LogP contribution in [0.15, 0.2) is 24.5 Å². The van der Waals surface area contributed by atoms with Crippen molar-refractivity contribution in [3.05, 3.63) is 35.9 Å². The van der Waals surface area contributed by atoms with Gasteiger partial charge in [-0.25, -0.2) is 18.9 Å². The van der Waals surface area contributed by atoms with Crippen LogP contribution in [0.1, 0.15) is 46.6 Å². The molecule has 0 aliphatic heterocycles. The Labute approximate surface area is 197 Å². The second-order valence-corrected chi connectivity index (χ2v) is 16.9. The fraction of sp³-hybridized carbons (Fsp3) is 0.625. The molecule has 0 radical (unpaired) electrons. The highest BCUT2D eigenvalue weighted by atomic mass is 28.3. The van der Waals surface area contributed by atoms with Crippen LogP contribution in [-0.2, 0) is 26.5 Å². The molecule has 9 heteroatoms. The van der Waals surface area contributed by atoms with Crippen LogP contribution in [0.5, 0.6) is 0 Å². The Balaban J connectivity index is 2.32. The number of hydrogen-bond donors (Lipinski definition) is 1. The maximum atomic E-state index is 15.4. The molecule has 1 heterocycles. The molecule has 0 unspecified atom stereocenters. The number of esters is 1. The molecule has 0 amide bonds. The Morgan fingerprint density at radius 1 is 1.24 bits per heavy atom. The summed E-state index contributed by atoms with van der Waals surface area (Å²) in [5.41, 5.74) is 5.23. The van der Waals surface area contributed by atoms with Gasteiger partial charge in [-0.3, -0.25) is 0 Å². The second-order valence-electron chi connectivity index (χ2n) is 11.3. The minimum atomic E-state index is -1.61. The molecule has 0 spiro atoms. The largest absolute Gasteiger partial charge is 0.461 e. The van der Waals surface area contributed by atoms with Gasteiger partial charge < -0.3 is 15.2 Å². The molecule has 1 atom stereocenters. The van der Waals surface area contributed by atoms with E-state index in [0.29, 0.717) is 18.0 Å². The lowest BCUT2D eigenvalue weighted by molar-refractivity contribution is -0.156. The number of nitrogens with two attached hydrogens (primary N) is 1. The summed E-state index contributed by atoms with van der Waals surface area (Å²) in [6, 6.07) is 5.63. The molecule has 0 bridgehead atoms. The lowest BCUT2D eigenvalue weighted by Gasteiger charge is -2.34. The molecule has 0 aliphatic carbocycles. The molecule has 1 aromatic carbocycles. The van der Waals surface area contributed by atoms with E-state index in [1.165, 1.54) is 12.4 Å². The number of ether oxygens (including phenoxy) is 2. The number of aromatic nitrogens is 3. The molecule has 0 saturated carbocycles. The van der Waals surface area contributed by atoms with Crippen LogP contribution in [0.3, 0.4) is 0 Å². The SMILES string of the molecule is CC(C)OC(=O)[C@@](N)(CC(C)(C)C)c1ccc(-c2ncnn2COCC[Si](C)(C)C)cc1F. The van der Waals surface area contributed by atoms with E-state index in [2.05, 4.69) is 29.7 Å². The summed E-state index contributed by atoms with van der Waals surface area (Å²) in [6.45, 7) is 17.1. The zero-order valence-corrected chi connectivity index (χ0v) is 22.2. The first kappa shape index (κ1) is 27.1. The van der Waals surface area contributed by atoms with Gasteiger partial charge in [-0.05, 0) is 37.8 Å². The van der Waals surface area contributed by atoms with Crippen molar-refractivity contribution in [2.24, 2.45) is 11.1 Å². The molecule has 2 aromatic rings. The average molecular weight is 479 g/mol. The monoisotopic (exact) mass is 478 g/mol. The Hall–Kier alpha value is -2.10. The van der Waals surface area contributed by atoms with Crippen molar-refractivity contribution in [1.82, 2.24) is 14.8 Å². The Kier molecular flexibility index (Phi) is 8.59. The van der Waals surface area contributed by atoms with Gasteiger partial charge in [0.05, 0.1) is 6.10 Å². The number of hydrogen-bond acceptors (Lipinski definition) is 6. The van der Waals surface area contributed by atoms with E-state index < -0.39 is 25.4 Å². The molecule has 0 fully saturated rings.